The molecule has 1 fully saturated rings. The van der Waals surface area contributed by atoms with Gasteiger partial charge in [-0.05, 0) is 48.7 Å². The molecular formula is C21H26ClFN4O9P2. The Morgan fingerprint density at radius 3 is 2.63 bits per heavy atom. The average molecular weight is 595 g/mol. The van der Waals surface area contributed by atoms with Crippen LogP contribution < -0.4 is 5.32 Å². The van der Waals surface area contributed by atoms with Gasteiger partial charge >= 0.3 is 15.2 Å². The summed E-state index contributed by atoms with van der Waals surface area (Å²) < 4.78 is 48.3. The SMILES string of the molecule is C[C@H](Cc1cccc(F)c1)Nc1nc(Cl)nc2c1ccn2[C@@H]1O[C@H](COP(=O)(O)CP(=O)(O)O)[C@@H](O)[C@@H]1O. The van der Waals surface area contributed by atoms with Crippen LogP contribution in [0.25, 0.3) is 11.0 Å². The van der Waals surface area contributed by atoms with Gasteiger partial charge in [0.15, 0.2) is 12.1 Å². The molecule has 1 saturated heterocycles. The van der Waals surface area contributed by atoms with Crippen LogP contribution in [0.4, 0.5) is 10.2 Å². The normalized spacial score (nSPS) is 24.4. The summed E-state index contributed by atoms with van der Waals surface area (Å²) in [6.45, 7) is 1.16. The first-order valence-corrected chi connectivity index (χ1v) is 15.2. The molecule has 6 atom stereocenters. The van der Waals surface area contributed by atoms with Crippen molar-refractivity contribution in [2.75, 3.05) is 17.8 Å². The smallest absolute Gasteiger partial charge is 0.340 e. The van der Waals surface area contributed by atoms with E-state index in [2.05, 4.69) is 15.3 Å². The van der Waals surface area contributed by atoms with Crippen molar-refractivity contribution in [3.63, 3.8) is 0 Å². The van der Waals surface area contributed by atoms with Gasteiger partial charge in [-0.15, -0.1) is 0 Å². The fourth-order valence-electron chi connectivity index (χ4n) is 4.18. The Kier molecular flexibility index (Phi) is 8.61. The molecule has 2 aromatic heterocycles. The number of hydrogen-bond donors (Lipinski definition) is 6. The molecule has 0 amide bonds. The molecular weight excluding hydrogens is 569 g/mol. The number of halogens is 2. The summed E-state index contributed by atoms with van der Waals surface area (Å²) in [7, 11) is -9.54. The minimum absolute atomic E-state index is 0.121. The van der Waals surface area contributed by atoms with Crippen molar-refractivity contribution >= 4 is 43.6 Å². The predicted octanol–water partition coefficient (Wildman–Crippen LogP) is 2.22. The molecule has 38 heavy (non-hydrogen) atoms. The minimum Gasteiger partial charge on any atom is -0.387 e. The predicted molar refractivity (Wildman–Crippen MR) is 134 cm³/mol. The zero-order chi connectivity index (χ0) is 27.8. The average Bonchev–Trinajstić information content (AvgIpc) is 3.32. The van der Waals surface area contributed by atoms with Crippen LogP contribution in [0, 0.1) is 5.82 Å². The highest BCUT2D eigenvalue weighted by molar-refractivity contribution is 7.70. The first-order chi connectivity index (χ1) is 17.7. The van der Waals surface area contributed by atoms with Gasteiger partial charge in [0.2, 0.25) is 5.28 Å². The first-order valence-electron chi connectivity index (χ1n) is 11.3. The van der Waals surface area contributed by atoms with Gasteiger partial charge in [-0.2, -0.15) is 4.98 Å². The zero-order valence-corrected chi connectivity index (χ0v) is 22.4. The van der Waals surface area contributed by atoms with Crippen LogP contribution in [0.1, 0.15) is 18.7 Å². The molecule has 1 unspecified atom stereocenters. The van der Waals surface area contributed by atoms with E-state index in [1.807, 2.05) is 6.92 Å². The Hall–Kier alpha value is -1.96. The molecule has 0 saturated carbocycles. The number of nitrogens with zero attached hydrogens (tertiary/aromatic N) is 3. The van der Waals surface area contributed by atoms with Gasteiger partial charge < -0.3 is 44.0 Å². The van der Waals surface area contributed by atoms with Gasteiger partial charge in [0.25, 0.3) is 0 Å². The van der Waals surface area contributed by atoms with E-state index in [9.17, 15) is 28.6 Å². The first kappa shape index (κ1) is 29.0. The fraction of sp³-hybridized carbons (Fsp3) is 0.429. The van der Waals surface area contributed by atoms with Gasteiger partial charge in [0, 0.05) is 12.2 Å². The molecule has 13 nitrogen and oxygen atoms in total. The Labute approximate surface area is 220 Å². The van der Waals surface area contributed by atoms with E-state index in [0.717, 1.165) is 5.56 Å². The maximum absolute atomic E-state index is 13.5. The number of rotatable bonds is 10. The monoisotopic (exact) mass is 594 g/mol. The number of nitrogens with one attached hydrogen (secondary N) is 1. The summed E-state index contributed by atoms with van der Waals surface area (Å²) in [6, 6.07) is 7.66. The molecule has 17 heteroatoms. The number of anilines is 1. The topological polar surface area (TPSA) is 196 Å². The standard InChI is InChI=1S/C21H26ClFN4O9P2/c1-11(7-12-3-2-4-13(23)8-12)24-18-14-5-6-27(19(14)26-21(22)25-18)20-17(29)16(28)15(36-20)9-35-38(33,34)10-37(30,31)32/h2-6,8,11,15-17,20,28-29H,7,9-10H2,1H3,(H,33,34)(H,24,25,26)(H2,30,31,32)/t11-,15-,16-,17+,20-/m1/s1. The summed E-state index contributed by atoms with van der Waals surface area (Å²) >= 11 is 6.15. The molecule has 6 N–H and O–H groups in total. The molecule has 0 spiro atoms. The summed E-state index contributed by atoms with van der Waals surface area (Å²) in [4.78, 5) is 36.0. The maximum atomic E-state index is 13.5. The van der Waals surface area contributed by atoms with Gasteiger partial charge in [-0.25, -0.2) is 9.37 Å². The zero-order valence-electron chi connectivity index (χ0n) is 19.8. The van der Waals surface area contributed by atoms with Gasteiger partial charge in [-0.3, -0.25) is 9.13 Å². The maximum Gasteiger partial charge on any atom is 0.340 e. The van der Waals surface area contributed by atoms with Crippen molar-refractivity contribution < 1.29 is 47.7 Å². The number of fused-ring (bicyclic) bond motifs is 1. The van der Waals surface area contributed by atoms with Crippen LogP contribution in [0.15, 0.2) is 36.5 Å². The number of benzene rings is 1. The lowest BCUT2D eigenvalue weighted by Gasteiger charge is -2.19. The Morgan fingerprint density at radius 1 is 1.21 bits per heavy atom. The third-order valence-electron chi connectivity index (χ3n) is 5.77. The molecule has 0 bridgehead atoms. The molecule has 1 aliphatic heterocycles. The van der Waals surface area contributed by atoms with Crippen molar-refractivity contribution in [2.24, 2.45) is 0 Å². The van der Waals surface area contributed by atoms with E-state index in [1.165, 1.54) is 22.9 Å². The van der Waals surface area contributed by atoms with E-state index < -0.39 is 52.2 Å². The molecule has 1 aliphatic rings. The summed E-state index contributed by atoms with van der Waals surface area (Å²) in [5, 5.41) is 24.6. The van der Waals surface area contributed by atoms with Crippen molar-refractivity contribution in [3.8, 4) is 0 Å². The lowest BCUT2D eigenvalue weighted by molar-refractivity contribution is -0.0481. The summed E-state index contributed by atoms with van der Waals surface area (Å²) in [5.74, 6) is -1.38. The summed E-state index contributed by atoms with van der Waals surface area (Å²) in [5.41, 5.74) is 1.02. The van der Waals surface area contributed by atoms with Crippen LogP contribution >= 0.6 is 26.8 Å². The van der Waals surface area contributed by atoms with Crippen LogP contribution in [0.5, 0.6) is 0 Å². The lowest BCUT2D eigenvalue weighted by Crippen LogP contribution is -2.33. The second-order valence-electron chi connectivity index (χ2n) is 8.97. The Bertz CT molecular complexity index is 1410. The highest BCUT2D eigenvalue weighted by Crippen LogP contribution is 2.55. The Balaban J connectivity index is 1.51. The fourth-order valence-corrected chi connectivity index (χ4v) is 6.92. The third kappa shape index (κ3) is 6.97. The molecule has 0 radical (unpaired) electrons. The van der Waals surface area contributed by atoms with E-state index in [0.29, 0.717) is 17.6 Å². The molecule has 3 aromatic rings. The number of ether oxygens (including phenoxy) is 1. The van der Waals surface area contributed by atoms with Crippen molar-refractivity contribution in [3.05, 3.63) is 53.2 Å². The molecule has 208 valence electrons. The number of hydrogen-bond acceptors (Lipinski definition) is 9. The third-order valence-corrected chi connectivity index (χ3v) is 9.40. The van der Waals surface area contributed by atoms with E-state index in [1.54, 1.807) is 18.2 Å². The second-order valence-corrected chi connectivity index (χ2v) is 13.3. The number of aliphatic hydroxyl groups is 2. The van der Waals surface area contributed by atoms with Gasteiger partial charge in [0.05, 0.1) is 12.0 Å². The highest BCUT2D eigenvalue weighted by Gasteiger charge is 2.45. The largest absolute Gasteiger partial charge is 0.387 e. The van der Waals surface area contributed by atoms with Crippen LogP contribution in [0.3, 0.4) is 0 Å². The number of aromatic nitrogens is 3. The van der Waals surface area contributed by atoms with E-state index in [4.69, 9.17) is 30.6 Å². The Morgan fingerprint density at radius 2 is 1.95 bits per heavy atom. The quantitative estimate of drug-likeness (QED) is 0.148. The molecule has 3 heterocycles. The minimum atomic E-state index is -4.84. The lowest BCUT2D eigenvalue weighted by atomic mass is 10.1. The molecule has 4 rings (SSSR count). The van der Waals surface area contributed by atoms with E-state index in [-0.39, 0.29) is 22.8 Å². The van der Waals surface area contributed by atoms with Crippen molar-refractivity contribution in [1.29, 1.82) is 0 Å². The highest BCUT2D eigenvalue weighted by atomic mass is 35.5. The molecule has 1 aromatic carbocycles. The van der Waals surface area contributed by atoms with Crippen molar-refractivity contribution in [2.45, 2.75) is 43.9 Å². The van der Waals surface area contributed by atoms with Crippen LogP contribution in [-0.4, -0.2) is 76.3 Å². The van der Waals surface area contributed by atoms with Gasteiger partial charge in [0.1, 0.15) is 35.6 Å². The van der Waals surface area contributed by atoms with Crippen LogP contribution in [0.2, 0.25) is 5.28 Å². The van der Waals surface area contributed by atoms with Crippen LogP contribution in [-0.2, 0) is 24.8 Å². The molecule has 0 aliphatic carbocycles. The second kappa shape index (κ2) is 11.3. The van der Waals surface area contributed by atoms with Gasteiger partial charge in [-0.1, -0.05) is 12.1 Å². The number of aliphatic hydroxyl groups excluding tert-OH is 2. The van der Waals surface area contributed by atoms with Crippen molar-refractivity contribution in [1.82, 2.24) is 14.5 Å². The summed E-state index contributed by atoms with van der Waals surface area (Å²) in [6.07, 6.45) is -3.58. The van der Waals surface area contributed by atoms with E-state index >= 15 is 0 Å².